The third kappa shape index (κ3) is 2.79. The quantitative estimate of drug-likeness (QED) is 0.296. The first-order valence-electron chi connectivity index (χ1n) is 10.7. The van der Waals surface area contributed by atoms with Crippen LogP contribution < -0.4 is 9.80 Å². The Morgan fingerprint density at radius 1 is 0.677 bits per heavy atom. The summed E-state index contributed by atoms with van der Waals surface area (Å²) in [5.74, 6) is 0. The van der Waals surface area contributed by atoms with Crippen molar-refractivity contribution in [3.8, 4) is 11.1 Å². The lowest BCUT2D eigenvalue weighted by molar-refractivity contribution is 0.760. The standard InChI is InChI=1S/C28H24N2.CH4/c1-19-10-6-9-15-25(19)30-20(2)29(23-12-4-3-5-13-23)28-26(30)17-16-22-18-21-11-7-8-14-24(21)27(22)28;/h3-17,20H,18H2,1-2H3;1H4/t20-;/m0./s1. The average molecular weight is 405 g/mol. The molecule has 4 aromatic carbocycles. The predicted octanol–water partition coefficient (Wildman–Crippen LogP) is 7.84. The predicted molar refractivity (Wildman–Crippen MR) is 133 cm³/mol. The second kappa shape index (κ2) is 7.31. The van der Waals surface area contributed by atoms with E-state index in [4.69, 9.17) is 0 Å². The Morgan fingerprint density at radius 3 is 2.19 bits per heavy atom. The minimum Gasteiger partial charge on any atom is -0.318 e. The molecule has 0 saturated carbocycles. The zero-order valence-corrected chi connectivity index (χ0v) is 17.3. The van der Waals surface area contributed by atoms with Crippen LogP contribution in [0.1, 0.15) is 31.0 Å². The summed E-state index contributed by atoms with van der Waals surface area (Å²) in [6.45, 7) is 4.52. The summed E-state index contributed by atoms with van der Waals surface area (Å²) >= 11 is 0. The smallest absolute Gasteiger partial charge is 0.108 e. The van der Waals surface area contributed by atoms with Crippen molar-refractivity contribution in [2.45, 2.75) is 33.9 Å². The van der Waals surface area contributed by atoms with Crippen LogP contribution >= 0.6 is 0 Å². The van der Waals surface area contributed by atoms with Crippen molar-refractivity contribution in [3.05, 3.63) is 108 Å². The molecule has 2 heteroatoms. The van der Waals surface area contributed by atoms with Crippen molar-refractivity contribution < 1.29 is 0 Å². The maximum atomic E-state index is 2.52. The Balaban J connectivity index is 0.00000204. The average Bonchev–Trinajstić information content (AvgIpc) is 3.29. The van der Waals surface area contributed by atoms with Gasteiger partial charge >= 0.3 is 0 Å². The zero-order valence-electron chi connectivity index (χ0n) is 17.3. The number of aryl methyl sites for hydroxylation is 1. The second-order valence-corrected chi connectivity index (χ2v) is 8.30. The first kappa shape index (κ1) is 19.4. The molecule has 1 aliphatic carbocycles. The number of nitrogens with zero attached hydrogens (tertiary/aromatic N) is 2. The van der Waals surface area contributed by atoms with E-state index in [0.717, 1.165) is 6.42 Å². The molecule has 0 amide bonds. The largest absolute Gasteiger partial charge is 0.318 e. The van der Waals surface area contributed by atoms with Gasteiger partial charge in [-0.1, -0.05) is 74.2 Å². The Bertz CT molecular complexity index is 1260. The van der Waals surface area contributed by atoms with E-state index in [1.165, 1.54) is 50.6 Å². The summed E-state index contributed by atoms with van der Waals surface area (Å²) in [5.41, 5.74) is 12.1. The van der Waals surface area contributed by atoms with Gasteiger partial charge in [-0.3, -0.25) is 0 Å². The SMILES string of the molecule is C.Cc1ccccc1N1c2ccc3c(c2N(c2ccccc2)[C@@H]1C)-c1ccccc1C3. The molecule has 1 heterocycles. The highest BCUT2D eigenvalue weighted by molar-refractivity contribution is 6.01. The van der Waals surface area contributed by atoms with Gasteiger partial charge in [0.1, 0.15) is 6.17 Å². The zero-order chi connectivity index (χ0) is 20.2. The van der Waals surface area contributed by atoms with Crippen LogP contribution in [0.3, 0.4) is 0 Å². The molecule has 0 spiro atoms. The fraction of sp³-hybridized carbons (Fsp3) is 0.172. The topological polar surface area (TPSA) is 6.48 Å². The van der Waals surface area contributed by atoms with E-state index in [1.54, 1.807) is 0 Å². The maximum Gasteiger partial charge on any atom is 0.108 e. The van der Waals surface area contributed by atoms with E-state index < -0.39 is 0 Å². The van der Waals surface area contributed by atoms with Crippen LogP contribution in [0.5, 0.6) is 0 Å². The minimum absolute atomic E-state index is 0. The van der Waals surface area contributed by atoms with Gasteiger partial charge in [-0.2, -0.15) is 0 Å². The fourth-order valence-corrected chi connectivity index (χ4v) is 5.23. The Labute approximate surface area is 185 Å². The van der Waals surface area contributed by atoms with Crippen LogP contribution in [-0.4, -0.2) is 6.17 Å². The Hall–Kier alpha value is -3.52. The molecule has 4 aromatic rings. The summed E-state index contributed by atoms with van der Waals surface area (Å²) in [6, 6.07) is 33.0. The molecular formula is C29H28N2. The van der Waals surface area contributed by atoms with Crippen LogP contribution in [0.25, 0.3) is 11.1 Å². The number of rotatable bonds is 2. The summed E-state index contributed by atoms with van der Waals surface area (Å²) < 4.78 is 0. The van der Waals surface area contributed by atoms with E-state index in [9.17, 15) is 0 Å². The first-order chi connectivity index (χ1) is 14.7. The third-order valence-electron chi connectivity index (χ3n) is 6.57. The molecule has 0 N–H and O–H groups in total. The van der Waals surface area contributed by atoms with E-state index in [1.807, 2.05) is 0 Å². The summed E-state index contributed by atoms with van der Waals surface area (Å²) in [5, 5.41) is 0. The van der Waals surface area contributed by atoms with Crippen molar-refractivity contribution in [2.75, 3.05) is 9.80 Å². The number of hydrogen-bond acceptors (Lipinski definition) is 2. The molecule has 6 rings (SSSR count). The lowest BCUT2D eigenvalue weighted by Gasteiger charge is -2.31. The van der Waals surface area contributed by atoms with Gasteiger partial charge in [-0.05, 0) is 66.8 Å². The molecule has 1 aliphatic heterocycles. The van der Waals surface area contributed by atoms with Crippen LogP contribution in [0.2, 0.25) is 0 Å². The van der Waals surface area contributed by atoms with E-state index in [-0.39, 0.29) is 13.6 Å². The first-order valence-corrected chi connectivity index (χ1v) is 10.7. The fourth-order valence-electron chi connectivity index (χ4n) is 5.23. The number of fused-ring (bicyclic) bond motifs is 5. The second-order valence-electron chi connectivity index (χ2n) is 8.30. The van der Waals surface area contributed by atoms with Crippen molar-refractivity contribution in [1.29, 1.82) is 0 Å². The molecular weight excluding hydrogens is 376 g/mol. The van der Waals surface area contributed by atoms with Crippen molar-refractivity contribution in [3.63, 3.8) is 0 Å². The number of benzene rings is 4. The number of anilines is 4. The highest BCUT2D eigenvalue weighted by Crippen LogP contribution is 2.55. The molecule has 1 atom stereocenters. The molecule has 0 bridgehead atoms. The van der Waals surface area contributed by atoms with Gasteiger partial charge in [0.15, 0.2) is 0 Å². The van der Waals surface area contributed by atoms with Crippen LogP contribution in [0.15, 0.2) is 91.0 Å². The lowest BCUT2D eigenvalue weighted by Crippen LogP contribution is -2.35. The lowest BCUT2D eigenvalue weighted by atomic mass is 10.0. The number of hydrogen-bond donors (Lipinski definition) is 0. The highest BCUT2D eigenvalue weighted by Gasteiger charge is 2.39. The number of para-hydroxylation sites is 2. The van der Waals surface area contributed by atoms with E-state index in [0.29, 0.717) is 0 Å². The molecule has 2 nitrogen and oxygen atoms in total. The van der Waals surface area contributed by atoms with Crippen molar-refractivity contribution in [2.24, 2.45) is 0 Å². The van der Waals surface area contributed by atoms with Gasteiger partial charge in [-0.15, -0.1) is 0 Å². The van der Waals surface area contributed by atoms with Crippen molar-refractivity contribution >= 4 is 22.7 Å². The van der Waals surface area contributed by atoms with E-state index in [2.05, 4.69) is 115 Å². The van der Waals surface area contributed by atoms with Gasteiger partial charge in [-0.25, -0.2) is 0 Å². The molecule has 154 valence electrons. The molecule has 0 unspecified atom stereocenters. The molecule has 0 aromatic heterocycles. The monoisotopic (exact) mass is 404 g/mol. The van der Waals surface area contributed by atoms with Crippen molar-refractivity contribution in [1.82, 2.24) is 0 Å². The third-order valence-corrected chi connectivity index (χ3v) is 6.57. The normalized spacial score (nSPS) is 15.9. The van der Waals surface area contributed by atoms with Crippen LogP contribution in [0, 0.1) is 6.92 Å². The van der Waals surface area contributed by atoms with Gasteiger partial charge in [0, 0.05) is 16.9 Å². The molecule has 2 aliphatic rings. The summed E-state index contributed by atoms with van der Waals surface area (Å²) in [4.78, 5) is 5.02. The summed E-state index contributed by atoms with van der Waals surface area (Å²) in [7, 11) is 0. The van der Waals surface area contributed by atoms with Crippen LogP contribution in [-0.2, 0) is 6.42 Å². The van der Waals surface area contributed by atoms with Gasteiger partial charge in [0.25, 0.3) is 0 Å². The molecule has 0 saturated heterocycles. The van der Waals surface area contributed by atoms with Gasteiger partial charge in [0.05, 0.1) is 11.4 Å². The molecule has 0 radical (unpaired) electrons. The summed E-state index contributed by atoms with van der Waals surface area (Å²) in [6.07, 6.45) is 1.20. The van der Waals surface area contributed by atoms with Gasteiger partial charge < -0.3 is 9.80 Å². The molecule has 31 heavy (non-hydrogen) atoms. The maximum absolute atomic E-state index is 2.52. The molecule has 0 fully saturated rings. The minimum atomic E-state index is 0. The Kier molecular flexibility index (Phi) is 4.59. The highest BCUT2D eigenvalue weighted by atomic mass is 15.4. The van der Waals surface area contributed by atoms with E-state index >= 15 is 0 Å². The van der Waals surface area contributed by atoms with Gasteiger partial charge in [0.2, 0.25) is 0 Å². The van der Waals surface area contributed by atoms with Crippen LogP contribution in [0.4, 0.5) is 22.7 Å². The Morgan fingerprint density at radius 2 is 1.39 bits per heavy atom.